The number of methoxy groups -OCH3 is 1. The summed E-state index contributed by atoms with van der Waals surface area (Å²) in [5, 5.41) is 2.58. The topological polar surface area (TPSA) is 96.0 Å². The van der Waals surface area contributed by atoms with E-state index in [4.69, 9.17) is 16.3 Å². The quantitative estimate of drug-likeness (QED) is 0.440. The maximum absolute atomic E-state index is 13.7. The van der Waals surface area contributed by atoms with Gasteiger partial charge in [-0.3, -0.25) is 13.9 Å². The van der Waals surface area contributed by atoms with E-state index in [2.05, 4.69) is 5.32 Å². The highest BCUT2D eigenvalue weighted by molar-refractivity contribution is 7.92. The third-order valence-electron chi connectivity index (χ3n) is 5.43. The predicted octanol–water partition coefficient (Wildman–Crippen LogP) is 3.83. The average molecular weight is 542 g/mol. The lowest BCUT2D eigenvalue weighted by Gasteiger charge is -2.33. The minimum absolute atomic E-state index is 0.0379. The zero-order valence-corrected chi connectivity index (χ0v) is 22.7. The monoisotopic (exact) mass is 541 g/mol. The van der Waals surface area contributed by atoms with Crippen molar-refractivity contribution in [3.63, 3.8) is 0 Å². The summed E-state index contributed by atoms with van der Waals surface area (Å²) in [5.74, 6) is -0.866. The van der Waals surface area contributed by atoms with Gasteiger partial charge in [0.05, 0.1) is 24.1 Å². The van der Waals surface area contributed by atoms with Crippen molar-refractivity contribution in [3.05, 3.63) is 58.9 Å². The van der Waals surface area contributed by atoms with Crippen LogP contribution in [0.1, 0.15) is 32.8 Å². The third-order valence-corrected chi connectivity index (χ3v) is 6.86. The Morgan fingerprint density at radius 1 is 1.17 bits per heavy atom. The molecule has 0 bridgehead atoms. The highest BCUT2D eigenvalue weighted by Gasteiger charge is 2.32. The molecule has 0 aliphatic carbocycles. The van der Waals surface area contributed by atoms with Crippen molar-refractivity contribution in [2.45, 2.75) is 39.8 Å². The smallest absolute Gasteiger partial charge is 0.244 e. The van der Waals surface area contributed by atoms with Crippen molar-refractivity contribution in [1.29, 1.82) is 0 Å². The number of rotatable bonds is 12. The molecular formula is C25H33ClFN3O5S. The summed E-state index contributed by atoms with van der Waals surface area (Å²) < 4.78 is 45.0. The normalized spacial score (nSPS) is 12.2. The van der Waals surface area contributed by atoms with Crippen LogP contribution in [0.3, 0.4) is 0 Å². The molecule has 0 spiro atoms. The Balaban J connectivity index is 2.46. The summed E-state index contributed by atoms with van der Waals surface area (Å²) in [5.41, 5.74) is 0.740. The molecule has 2 aromatic carbocycles. The molecule has 0 heterocycles. The van der Waals surface area contributed by atoms with E-state index in [-0.39, 0.29) is 29.1 Å². The standard InChI is InChI=1S/C25H33ClFN3O5S/c1-6-23(25(32)28-14-17(2)3)29(15-18-8-7-9-20(12-18)35-4)24(31)16-30(36(5,33)34)19-10-11-22(27)21(26)13-19/h7-13,17,23H,6,14-16H2,1-5H3,(H,28,32)/t23-/m1/s1. The van der Waals surface area contributed by atoms with Gasteiger partial charge in [0.1, 0.15) is 24.2 Å². The van der Waals surface area contributed by atoms with Gasteiger partial charge < -0.3 is 15.0 Å². The van der Waals surface area contributed by atoms with E-state index in [0.29, 0.717) is 24.3 Å². The molecule has 0 fully saturated rings. The first kappa shape index (κ1) is 29.4. The fourth-order valence-corrected chi connectivity index (χ4v) is 4.58. The fraction of sp³-hybridized carbons (Fsp3) is 0.440. The van der Waals surface area contributed by atoms with Gasteiger partial charge in [0, 0.05) is 13.1 Å². The highest BCUT2D eigenvalue weighted by atomic mass is 35.5. The average Bonchev–Trinajstić information content (AvgIpc) is 2.82. The Labute approximate surface area is 217 Å². The van der Waals surface area contributed by atoms with Gasteiger partial charge in [-0.15, -0.1) is 0 Å². The van der Waals surface area contributed by atoms with Crippen molar-refractivity contribution in [1.82, 2.24) is 10.2 Å². The van der Waals surface area contributed by atoms with E-state index in [1.807, 2.05) is 13.8 Å². The van der Waals surface area contributed by atoms with Crippen molar-refractivity contribution in [2.24, 2.45) is 5.92 Å². The van der Waals surface area contributed by atoms with Crippen LogP contribution >= 0.6 is 11.6 Å². The molecule has 1 N–H and O–H groups in total. The highest BCUT2D eigenvalue weighted by Crippen LogP contribution is 2.25. The first-order valence-electron chi connectivity index (χ1n) is 11.5. The number of carbonyl (C=O) groups excluding carboxylic acids is 2. The molecule has 36 heavy (non-hydrogen) atoms. The second kappa shape index (κ2) is 12.9. The van der Waals surface area contributed by atoms with Crippen LogP contribution in [0, 0.1) is 11.7 Å². The number of sulfonamides is 1. The molecule has 11 heteroatoms. The van der Waals surface area contributed by atoms with Crippen LogP contribution in [0.25, 0.3) is 0 Å². The maximum Gasteiger partial charge on any atom is 0.244 e. The Hall–Kier alpha value is -2.85. The van der Waals surface area contributed by atoms with Gasteiger partial charge in [0.15, 0.2) is 0 Å². The number of halogens is 2. The third kappa shape index (κ3) is 8.09. The van der Waals surface area contributed by atoms with Crippen LogP contribution in [-0.2, 0) is 26.2 Å². The van der Waals surface area contributed by atoms with Gasteiger partial charge in [0.2, 0.25) is 21.8 Å². The number of anilines is 1. The van der Waals surface area contributed by atoms with Crippen LogP contribution < -0.4 is 14.4 Å². The number of amides is 2. The molecule has 0 aliphatic heterocycles. The van der Waals surface area contributed by atoms with Gasteiger partial charge in [-0.25, -0.2) is 12.8 Å². The zero-order valence-electron chi connectivity index (χ0n) is 21.1. The minimum Gasteiger partial charge on any atom is -0.497 e. The Bertz CT molecular complexity index is 1180. The first-order valence-corrected chi connectivity index (χ1v) is 13.7. The van der Waals surface area contributed by atoms with Crippen LogP contribution in [0.4, 0.5) is 10.1 Å². The molecule has 1 atom stereocenters. The SMILES string of the molecule is CC[C@H](C(=O)NCC(C)C)N(Cc1cccc(OC)c1)C(=O)CN(c1ccc(F)c(Cl)c1)S(C)(=O)=O. The molecule has 0 aromatic heterocycles. The van der Waals surface area contributed by atoms with Crippen LogP contribution in [-0.4, -0.2) is 57.6 Å². The molecule has 8 nitrogen and oxygen atoms in total. The fourth-order valence-electron chi connectivity index (χ4n) is 3.56. The van der Waals surface area contributed by atoms with E-state index in [0.717, 1.165) is 22.7 Å². The molecule has 2 aromatic rings. The predicted molar refractivity (Wildman–Crippen MR) is 139 cm³/mol. The number of benzene rings is 2. The van der Waals surface area contributed by atoms with Gasteiger partial charge in [-0.2, -0.15) is 0 Å². The number of nitrogens with one attached hydrogen (secondary N) is 1. The zero-order chi connectivity index (χ0) is 27.0. The van der Waals surface area contributed by atoms with Gasteiger partial charge in [0.25, 0.3) is 0 Å². The molecule has 0 radical (unpaired) electrons. The lowest BCUT2D eigenvalue weighted by atomic mass is 10.1. The van der Waals surface area contributed by atoms with E-state index in [1.54, 1.807) is 31.2 Å². The summed E-state index contributed by atoms with van der Waals surface area (Å²) >= 11 is 5.86. The van der Waals surface area contributed by atoms with Gasteiger partial charge in [-0.1, -0.05) is 44.5 Å². The molecule has 0 aliphatic rings. The Morgan fingerprint density at radius 3 is 2.42 bits per heavy atom. The van der Waals surface area contributed by atoms with Crippen molar-refractivity contribution >= 4 is 39.1 Å². The molecule has 0 unspecified atom stereocenters. The second-order valence-electron chi connectivity index (χ2n) is 8.80. The van der Waals surface area contributed by atoms with Crippen LogP contribution in [0.2, 0.25) is 5.02 Å². The minimum atomic E-state index is -3.95. The van der Waals surface area contributed by atoms with Crippen molar-refractivity contribution in [2.75, 3.05) is 30.8 Å². The Morgan fingerprint density at radius 2 is 1.86 bits per heavy atom. The maximum atomic E-state index is 13.7. The van der Waals surface area contributed by atoms with Crippen LogP contribution in [0.5, 0.6) is 5.75 Å². The number of nitrogens with zero attached hydrogens (tertiary/aromatic N) is 2. The lowest BCUT2D eigenvalue weighted by molar-refractivity contribution is -0.140. The second-order valence-corrected chi connectivity index (χ2v) is 11.1. The summed E-state index contributed by atoms with van der Waals surface area (Å²) in [6, 6.07) is 9.61. The molecule has 0 saturated carbocycles. The summed E-state index contributed by atoms with van der Waals surface area (Å²) in [4.78, 5) is 28.0. The number of hydrogen-bond donors (Lipinski definition) is 1. The number of hydrogen-bond acceptors (Lipinski definition) is 5. The molecular weight excluding hydrogens is 509 g/mol. The molecule has 2 rings (SSSR count). The number of carbonyl (C=O) groups is 2. The summed E-state index contributed by atoms with van der Waals surface area (Å²) in [6.45, 7) is 5.57. The molecule has 0 saturated heterocycles. The summed E-state index contributed by atoms with van der Waals surface area (Å²) in [7, 11) is -2.43. The first-order chi connectivity index (χ1) is 16.9. The number of ether oxygens (including phenoxy) is 1. The molecule has 2 amide bonds. The lowest BCUT2D eigenvalue weighted by Crippen LogP contribution is -2.52. The van der Waals surface area contributed by atoms with Gasteiger partial charge >= 0.3 is 0 Å². The van der Waals surface area contributed by atoms with Gasteiger partial charge in [-0.05, 0) is 48.2 Å². The summed E-state index contributed by atoms with van der Waals surface area (Å²) in [6.07, 6.45) is 1.25. The van der Waals surface area contributed by atoms with E-state index < -0.39 is 34.3 Å². The van der Waals surface area contributed by atoms with E-state index in [1.165, 1.54) is 18.1 Å². The van der Waals surface area contributed by atoms with E-state index in [9.17, 15) is 22.4 Å². The van der Waals surface area contributed by atoms with Crippen molar-refractivity contribution in [3.8, 4) is 5.75 Å². The van der Waals surface area contributed by atoms with Crippen molar-refractivity contribution < 1.29 is 27.1 Å². The molecule has 198 valence electrons. The van der Waals surface area contributed by atoms with Crippen LogP contribution in [0.15, 0.2) is 42.5 Å². The Kier molecular flexibility index (Phi) is 10.5. The largest absolute Gasteiger partial charge is 0.497 e. The van der Waals surface area contributed by atoms with E-state index >= 15 is 0 Å².